The van der Waals surface area contributed by atoms with Crippen LogP contribution in [0.15, 0.2) is 53.9 Å². The van der Waals surface area contributed by atoms with E-state index in [4.69, 9.17) is 23.2 Å². The number of phenolic OH excluding ortho intramolecular Hbond substituents is 1. The smallest absolute Gasteiger partial charge is 0.328 e. The summed E-state index contributed by atoms with van der Waals surface area (Å²) in [6.07, 6.45) is 3.25. The lowest BCUT2D eigenvalue weighted by atomic mass is 9.96. The second-order valence-electron chi connectivity index (χ2n) is 8.64. The maximum absolute atomic E-state index is 13.0. The van der Waals surface area contributed by atoms with Crippen molar-refractivity contribution in [3.63, 3.8) is 0 Å². The molecule has 1 aromatic heterocycles. The van der Waals surface area contributed by atoms with Crippen molar-refractivity contribution >= 4 is 64.3 Å². The first-order chi connectivity index (χ1) is 18.7. The molecule has 3 amide bonds. The van der Waals surface area contributed by atoms with Gasteiger partial charge in [0.2, 0.25) is 5.91 Å². The Balaban J connectivity index is 1.45. The Labute approximate surface area is 237 Å². The number of hydrogen-bond donors (Lipinski definition) is 4. The Morgan fingerprint density at radius 2 is 1.87 bits per heavy atom. The molecular weight excluding hydrogens is 565 g/mol. The Morgan fingerprint density at radius 1 is 1.10 bits per heavy atom. The van der Waals surface area contributed by atoms with E-state index < -0.39 is 23.8 Å². The molecule has 39 heavy (non-hydrogen) atoms. The van der Waals surface area contributed by atoms with Crippen LogP contribution in [0.5, 0.6) is 5.75 Å². The molecule has 0 saturated carbocycles. The van der Waals surface area contributed by atoms with Crippen molar-refractivity contribution in [1.82, 2.24) is 15.5 Å². The number of carboxylic acid groups (broad SMARTS) is 1. The zero-order valence-corrected chi connectivity index (χ0v) is 22.6. The number of para-hydroxylation sites is 1. The molecule has 2 aromatic carbocycles. The van der Waals surface area contributed by atoms with Crippen molar-refractivity contribution in [2.45, 2.75) is 19.0 Å². The molecule has 0 saturated heterocycles. The third-order valence-corrected chi connectivity index (χ3v) is 7.68. The van der Waals surface area contributed by atoms with Crippen LogP contribution in [-0.4, -0.2) is 57.9 Å². The highest BCUT2D eigenvalue weighted by atomic mass is 35.5. The molecule has 0 aliphatic carbocycles. The van der Waals surface area contributed by atoms with E-state index in [9.17, 15) is 29.4 Å². The van der Waals surface area contributed by atoms with Gasteiger partial charge in [0.25, 0.3) is 11.8 Å². The molecule has 9 nitrogen and oxygen atoms in total. The minimum Gasteiger partial charge on any atom is -0.507 e. The highest BCUT2D eigenvalue weighted by Gasteiger charge is 2.29. The van der Waals surface area contributed by atoms with Gasteiger partial charge in [0, 0.05) is 31.3 Å². The number of thiophene rings is 1. The molecule has 4 N–H and O–H groups in total. The van der Waals surface area contributed by atoms with Gasteiger partial charge in [0.05, 0.1) is 20.5 Å². The predicted octanol–water partition coefficient (Wildman–Crippen LogP) is 3.97. The number of aromatic hydroxyl groups is 1. The molecule has 0 radical (unpaired) electrons. The molecule has 1 aliphatic rings. The van der Waals surface area contributed by atoms with E-state index in [2.05, 4.69) is 10.6 Å². The lowest BCUT2D eigenvalue weighted by molar-refractivity contribution is -0.139. The number of benzene rings is 2. The van der Waals surface area contributed by atoms with Gasteiger partial charge in [-0.15, -0.1) is 11.3 Å². The minimum absolute atomic E-state index is 0.00191. The zero-order chi connectivity index (χ0) is 28.1. The molecule has 1 aliphatic heterocycles. The first kappa shape index (κ1) is 28.2. The summed E-state index contributed by atoms with van der Waals surface area (Å²) in [5.74, 6) is -2.80. The molecule has 1 atom stereocenters. The molecule has 12 heteroatoms. The van der Waals surface area contributed by atoms with Gasteiger partial charge in [-0.2, -0.15) is 0 Å². The van der Waals surface area contributed by atoms with E-state index in [1.165, 1.54) is 35.6 Å². The number of aliphatic carboxylic acids is 1. The van der Waals surface area contributed by atoms with Crippen LogP contribution in [0.3, 0.4) is 0 Å². The lowest BCUT2D eigenvalue weighted by Crippen LogP contribution is -2.48. The van der Waals surface area contributed by atoms with Crippen LogP contribution >= 0.6 is 34.5 Å². The highest BCUT2D eigenvalue weighted by Crippen LogP contribution is 2.34. The second-order valence-corrected chi connectivity index (χ2v) is 10.4. The standard InChI is InChI=1S/C27H23Cl2N3O6S/c28-18-12-16-14-32(22(34)8-7-15-4-1-2-5-20(15)33)10-9-17(16)24(29)23(18)26(36)31-19(27(37)38)13-30-25(35)21-6-3-11-39-21/h1-8,11-12,19,33H,9-10,13-14H2,(H,30,35)(H,31,36)(H,37,38)/b8-7+. The second kappa shape index (κ2) is 12.3. The summed E-state index contributed by atoms with van der Waals surface area (Å²) in [7, 11) is 0. The fourth-order valence-electron chi connectivity index (χ4n) is 4.06. The van der Waals surface area contributed by atoms with Crippen molar-refractivity contribution in [3.8, 4) is 5.75 Å². The Morgan fingerprint density at radius 3 is 2.56 bits per heavy atom. The molecule has 1 unspecified atom stereocenters. The maximum atomic E-state index is 13.0. The molecular formula is C27H23Cl2N3O6S. The maximum Gasteiger partial charge on any atom is 0.328 e. The number of nitrogens with one attached hydrogen (secondary N) is 2. The summed E-state index contributed by atoms with van der Waals surface area (Å²) >= 11 is 14.2. The highest BCUT2D eigenvalue weighted by molar-refractivity contribution is 7.12. The predicted molar refractivity (Wildman–Crippen MR) is 148 cm³/mol. The molecule has 0 fully saturated rings. The summed E-state index contributed by atoms with van der Waals surface area (Å²) < 4.78 is 0. The van der Waals surface area contributed by atoms with Gasteiger partial charge in [-0.05, 0) is 47.2 Å². The van der Waals surface area contributed by atoms with Gasteiger partial charge in [0.1, 0.15) is 11.8 Å². The fraction of sp³-hybridized carbons (Fsp3) is 0.185. The summed E-state index contributed by atoms with van der Waals surface area (Å²) in [5.41, 5.74) is 1.73. The number of nitrogens with zero attached hydrogens (tertiary/aromatic N) is 1. The largest absolute Gasteiger partial charge is 0.507 e. The Kier molecular flexibility index (Phi) is 8.90. The first-order valence-electron chi connectivity index (χ1n) is 11.8. The van der Waals surface area contributed by atoms with E-state index >= 15 is 0 Å². The zero-order valence-electron chi connectivity index (χ0n) is 20.3. The van der Waals surface area contributed by atoms with Gasteiger partial charge >= 0.3 is 5.97 Å². The van der Waals surface area contributed by atoms with Crippen LogP contribution in [0, 0.1) is 0 Å². The number of phenols is 1. The van der Waals surface area contributed by atoms with Gasteiger partial charge in [-0.25, -0.2) is 4.79 Å². The average Bonchev–Trinajstić information content (AvgIpc) is 3.45. The molecule has 3 aromatic rings. The minimum atomic E-state index is -1.42. The van der Waals surface area contributed by atoms with Crippen LogP contribution < -0.4 is 10.6 Å². The summed E-state index contributed by atoms with van der Waals surface area (Å²) in [5, 5.41) is 26.1. The van der Waals surface area contributed by atoms with Gasteiger partial charge in [0.15, 0.2) is 0 Å². The van der Waals surface area contributed by atoms with Crippen molar-refractivity contribution in [2.24, 2.45) is 0 Å². The van der Waals surface area contributed by atoms with Crippen LogP contribution in [0.2, 0.25) is 10.0 Å². The number of fused-ring (bicyclic) bond motifs is 1. The van der Waals surface area contributed by atoms with E-state index in [0.29, 0.717) is 34.5 Å². The monoisotopic (exact) mass is 587 g/mol. The molecule has 2 heterocycles. The van der Waals surface area contributed by atoms with E-state index in [0.717, 1.165) is 0 Å². The topological polar surface area (TPSA) is 136 Å². The Hall–Kier alpha value is -3.86. The van der Waals surface area contributed by atoms with Crippen molar-refractivity contribution < 1.29 is 29.4 Å². The summed E-state index contributed by atoms with van der Waals surface area (Å²) in [6.45, 7) is 0.183. The summed E-state index contributed by atoms with van der Waals surface area (Å²) in [4.78, 5) is 51.7. The fourth-order valence-corrected chi connectivity index (χ4v) is 5.47. The third kappa shape index (κ3) is 6.59. The third-order valence-electron chi connectivity index (χ3n) is 6.10. The van der Waals surface area contributed by atoms with Crippen LogP contribution in [0.1, 0.15) is 36.7 Å². The molecule has 0 spiro atoms. The molecule has 4 rings (SSSR count). The van der Waals surface area contributed by atoms with Crippen LogP contribution in [0.4, 0.5) is 0 Å². The summed E-state index contributed by atoms with van der Waals surface area (Å²) in [6, 6.07) is 10.1. The van der Waals surface area contributed by atoms with Crippen molar-refractivity contribution in [2.75, 3.05) is 13.1 Å². The molecule has 202 valence electrons. The number of halogens is 2. The first-order valence-corrected chi connectivity index (χ1v) is 13.4. The van der Waals surface area contributed by atoms with E-state index in [-0.39, 0.29) is 40.4 Å². The number of rotatable bonds is 8. The Bertz CT molecular complexity index is 1460. The number of amides is 3. The molecule has 0 bridgehead atoms. The normalized spacial score (nSPS) is 13.5. The number of carbonyl (C=O) groups is 4. The van der Waals surface area contributed by atoms with Crippen molar-refractivity contribution in [1.29, 1.82) is 0 Å². The van der Waals surface area contributed by atoms with Crippen LogP contribution in [-0.2, 0) is 22.6 Å². The van der Waals surface area contributed by atoms with Crippen LogP contribution in [0.25, 0.3) is 6.08 Å². The quantitative estimate of drug-likeness (QED) is 0.294. The lowest BCUT2D eigenvalue weighted by Gasteiger charge is -2.29. The van der Waals surface area contributed by atoms with Crippen molar-refractivity contribution in [3.05, 3.63) is 91.1 Å². The van der Waals surface area contributed by atoms with E-state index in [1.807, 2.05) is 0 Å². The van der Waals surface area contributed by atoms with Gasteiger partial charge in [-0.3, -0.25) is 14.4 Å². The van der Waals surface area contributed by atoms with Gasteiger partial charge in [-0.1, -0.05) is 47.5 Å². The number of hydrogen-bond acceptors (Lipinski definition) is 6. The number of carboxylic acids is 1. The number of carbonyl (C=O) groups excluding carboxylic acids is 3. The SMILES string of the molecule is O=C(NCC(NC(=O)c1c(Cl)cc2c(c1Cl)CCN(C(=O)/C=C/c1ccccc1O)C2)C(=O)O)c1cccs1. The van der Waals surface area contributed by atoms with E-state index in [1.54, 1.807) is 40.6 Å². The average molecular weight is 588 g/mol. The van der Waals surface area contributed by atoms with Gasteiger partial charge < -0.3 is 25.7 Å².